The van der Waals surface area contributed by atoms with E-state index in [4.69, 9.17) is 9.26 Å². The molecular weight excluding hydrogens is 372 g/mol. The fourth-order valence-electron chi connectivity index (χ4n) is 3.14. The first-order valence-corrected chi connectivity index (χ1v) is 10.5. The fourth-order valence-corrected chi connectivity index (χ4v) is 3.14. The number of hydrogen-bond acceptors (Lipinski definition) is 6. The third-order valence-corrected chi connectivity index (χ3v) is 4.64. The van der Waals surface area contributed by atoms with Crippen molar-refractivity contribution in [1.29, 1.82) is 0 Å². The molecule has 1 fully saturated rings. The van der Waals surface area contributed by atoms with Gasteiger partial charge in [0.1, 0.15) is 5.60 Å². The van der Waals surface area contributed by atoms with Crippen LogP contribution in [0, 0.1) is 0 Å². The Morgan fingerprint density at radius 3 is 2.34 bits per heavy atom. The van der Waals surface area contributed by atoms with Gasteiger partial charge in [0.05, 0.1) is 0 Å². The highest BCUT2D eigenvalue weighted by atomic mass is 16.6. The number of aromatic nitrogens is 2. The number of carbonyl (C=O) groups excluding carboxylic acids is 1. The summed E-state index contributed by atoms with van der Waals surface area (Å²) in [4.78, 5) is 20.6. The van der Waals surface area contributed by atoms with Crippen molar-refractivity contribution in [2.45, 2.75) is 90.3 Å². The molecule has 1 heterocycles. The van der Waals surface area contributed by atoms with Gasteiger partial charge in [-0.3, -0.25) is 4.99 Å². The van der Waals surface area contributed by atoms with Gasteiger partial charge in [0, 0.05) is 38.0 Å². The van der Waals surface area contributed by atoms with Crippen molar-refractivity contribution >= 4 is 12.1 Å². The van der Waals surface area contributed by atoms with E-state index in [0.29, 0.717) is 24.9 Å². The van der Waals surface area contributed by atoms with Crippen LogP contribution < -0.4 is 16.0 Å². The van der Waals surface area contributed by atoms with E-state index in [9.17, 15) is 4.79 Å². The van der Waals surface area contributed by atoms with Crippen molar-refractivity contribution in [3.63, 3.8) is 0 Å². The molecule has 2 rings (SSSR count). The lowest BCUT2D eigenvalue weighted by Crippen LogP contribution is -2.48. The fraction of sp³-hybridized carbons (Fsp3) is 0.800. The number of ether oxygens (including phenoxy) is 1. The van der Waals surface area contributed by atoms with E-state index in [1.807, 2.05) is 34.6 Å². The minimum Gasteiger partial charge on any atom is -0.444 e. The maximum Gasteiger partial charge on any atom is 0.407 e. The Labute approximate surface area is 173 Å². The highest BCUT2D eigenvalue weighted by Crippen LogP contribution is 2.19. The molecule has 1 aromatic rings. The Bertz CT molecular complexity index is 672. The van der Waals surface area contributed by atoms with Crippen LogP contribution in [0.25, 0.3) is 0 Å². The SMILES string of the molecule is CN=C(NCCc1nc(C(C)C)no1)NC1CCC(NC(=O)OC(C)(C)C)CC1. The zero-order chi connectivity index (χ0) is 21.4. The van der Waals surface area contributed by atoms with Gasteiger partial charge in [-0.2, -0.15) is 4.98 Å². The highest BCUT2D eigenvalue weighted by Gasteiger charge is 2.25. The van der Waals surface area contributed by atoms with E-state index in [0.717, 1.165) is 37.5 Å². The molecule has 164 valence electrons. The van der Waals surface area contributed by atoms with E-state index in [-0.39, 0.29) is 18.1 Å². The van der Waals surface area contributed by atoms with Crippen LogP contribution in [0.3, 0.4) is 0 Å². The quantitative estimate of drug-likeness (QED) is 0.490. The molecule has 3 N–H and O–H groups in total. The second-order valence-electron chi connectivity index (χ2n) is 8.79. The van der Waals surface area contributed by atoms with Gasteiger partial charge in [0.2, 0.25) is 5.89 Å². The first-order chi connectivity index (χ1) is 13.7. The average Bonchev–Trinajstić information content (AvgIpc) is 3.10. The number of guanidine groups is 1. The Morgan fingerprint density at radius 1 is 1.21 bits per heavy atom. The lowest BCUT2D eigenvalue weighted by Gasteiger charge is -2.31. The minimum atomic E-state index is -0.474. The topological polar surface area (TPSA) is 114 Å². The van der Waals surface area contributed by atoms with Gasteiger partial charge in [-0.1, -0.05) is 19.0 Å². The van der Waals surface area contributed by atoms with Crippen LogP contribution in [0.5, 0.6) is 0 Å². The van der Waals surface area contributed by atoms with Crippen LogP contribution in [0.4, 0.5) is 4.79 Å². The number of alkyl carbamates (subject to hydrolysis) is 1. The largest absolute Gasteiger partial charge is 0.444 e. The molecule has 0 spiro atoms. The number of amides is 1. The predicted molar refractivity (Wildman–Crippen MR) is 112 cm³/mol. The lowest BCUT2D eigenvalue weighted by molar-refractivity contribution is 0.0490. The zero-order valence-corrected chi connectivity index (χ0v) is 18.5. The van der Waals surface area contributed by atoms with Gasteiger partial charge in [-0.05, 0) is 46.5 Å². The van der Waals surface area contributed by atoms with Crippen molar-refractivity contribution in [3.05, 3.63) is 11.7 Å². The number of hydrogen-bond donors (Lipinski definition) is 3. The van der Waals surface area contributed by atoms with E-state index < -0.39 is 5.60 Å². The molecule has 0 radical (unpaired) electrons. The second kappa shape index (κ2) is 10.5. The van der Waals surface area contributed by atoms with Crippen molar-refractivity contribution in [2.75, 3.05) is 13.6 Å². The maximum atomic E-state index is 11.9. The standard InChI is InChI=1S/C20H36N6O3/c1-13(2)17-25-16(29-26-17)11-12-22-18(21-6)23-14-7-9-15(10-8-14)24-19(27)28-20(3,4)5/h13-15H,7-12H2,1-6H3,(H,24,27)(H2,21,22,23). The smallest absolute Gasteiger partial charge is 0.407 e. The first kappa shape index (κ1) is 23.0. The third-order valence-electron chi connectivity index (χ3n) is 4.64. The van der Waals surface area contributed by atoms with Gasteiger partial charge >= 0.3 is 6.09 Å². The zero-order valence-electron chi connectivity index (χ0n) is 18.5. The Morgan fingerprint density at radius 2 is 1.83 bits per heavy atom. The Kier molecular flexibility index (Phi) is 8.28. The van der Waals surface area contributed by atoms with Crippen molar-refractivity contribution in [3.8, 4) is 0 Å². The summed E-state index contributed by atoms with van der Waals surface area (Å²) in [6.07, 6.45) is 4.05. The highest BCUT2D eigenvalue weighted by molar-refractivity contribution is 5.79. The van der Waals surface area contributed by atoms with Crippen LogP contribution in [-0.2, 0) is 11.2 Å². The molecule has 0 saturated heterocycles. The number of carbonyl (C=O) groups is 1. The second-order valence-corrected chi connectivity index (χ2v) is 8.79. The van der Waals surface area contributed by atoms with Gasteiger partial charge in [-0.15, -0.1) is 0 Å². The van der Waals surface area contributed by atoms with Crippen LogP contribution in [0.15, 0.2) is 9.52 Å². The summed E-state index contributed by atoms with van der Waals surface area (Å²) in [6.45, 7) is 10.3. The molecule has 0 bridgehead atoms. The van der Waals surface area contributed by atoms with E-state index in [2.05, 4.69) is 31.1 Å². The van der Waals surface area contributed by atoms with Gasteiger partial charge in [0.15, 0.2) is 11.8 Å². The Balaban J connectivity index is 1.68. The van der Waals surface area contributed by atoms with E-state index in [1.165, 1.54) is 0 Å². The van der Waals surface area contributed by atoms with E-state index >= 15 is 0 Å². The maximum absolute atomic E-state index is 11.9. The first-order valence-electron chi connectivity index (χ1n) is 10.5. The van der Waals surface area contributed by atoms with Crippen molar-refractivity contribution in [2.24, 2.45) is 4.99 Å². The molecule has 0 unspecified atom stereocenters. The summed E-state index contributed by atoms with van der Waals surface area (Å²) in [5.74, 6) is 2.39. The summed E-state index contributed by atoms with van der Waals surface area (Å²) in [6, 6.07) is 0.486. The molecule has 0 aromatic carbocycles. The molecule has 1 amide bonds. The van der Waals surface area contributed by atoms with Crippen molar-refractivity contribution < 1.29 is 14.1 Å². The molecule has 29 heavy (non-hydrogen) atoms. The van der Waals surface area contributed by atoms with Gasteiger partial charge in [-0.25, -0.2) is 4.79 Å². The van der Waals surface area contributed by atoms with Gasteiger partial charge in [0.25, 0.3) is 0 Å². The lowest BCUT2D eigenvalue weighted by atomic mass is 9.91. The molecule has 9 heteroatoms. The summed E-state index contributed by atoms with van der Waals surface area (Å²) in [7, 11) is 1.76. The average molecular weight is 409 g/mol. The monoisotopic (exact) mass is 408 g/mol. The number of rotatable bonds is 6. The number of aliphatic imine (C=N–C) groups is 1. The third kappa shape index (κ3) is 8.29. The number of nitrogens with one attached hydrogen (secondary N) is 3. The summed E-state index contributed by atoms with van der Waals surface area (Å²) >= 11 is 0. The normalized spacial score (nSPS) is 20.4. The molecule has 0 aliphatic heterocycles. The molecule has 1 aliphatic rings. The van der Waals surface area contributed by atoms with Crippen LogP contribution in [-0.4, -0.2) is 53.5 Å². The van der Waals surface area contributed by atoms with Crippen LogP contribution in [0.2, 0.25) is 0 Å². The van der Waals surface area contributed by atoms with Gasteiger partial charge < -0.3 is 25.2 Å². The number of nitrogens with zero attached hydrogens (tertiary/aromatic N) is 3. The molecule has 1 saturated carbocycles. The minimum absolute atomic E-state index is 0.158. The molecule has 1 aromatic heterocycles. The summed E-state index contributed by atoms with van der Waals surface area (Å²) in [5, 5.41) is 13.7. The Hall–Kier alpha value is -2.32. The molecule has 1 aliphatic carbocycles. The van der Waals surface area contributed by atoms with Crippen LogP contribution in [0.1, 0.15) is 77.9 Å². The van der Waals surface area contributed by atoms with E-state index in [1.54, 1.807) is 7.05 Å². The predicted octanol–water partition coefficient (Wildman–Crippen LogP) is 2.74. The molecule has 9 nitrogen and oxygen atoms in total. The summed E-state index contributed by atoms with van der Waals surface area (Å²) in [5.41, 5.74) is -0.474. The van der Waals surface area contributed by atoms with Crippen molar-refractivity contribution in [1.82, 2.24) is 26.1 Å². The summed E-state index contributed by atoms with van der Waals surface area (Å²) < 4.78 is 10.6. The molecule has 0 atom stereocenters. The van der Waals surface area contributed by atoms with Crippen LogP contribution >= 0.6 is 0 Å². The molecular formula is C20H36N6O3.